The maximum Gasteiger partial charge on any atom is 0.324 e. The second kappa shape index (κ2) is 3.95. The van der Waals surface area contributed by atoms with Crippen LogP contribution in [0.5, 0.6) is 0 Å². The molecule has 2 fully saturated rings. The number of ketones is 2. The van der Waals surface area contributed by atoms with Crippen LogP contribution in [0.3, 0.4) is 0 Å². The Bertz CT molecular complexity index is 384. The summed E-state index contributed by atoms with van der Waals surface area (Å²) in [6.07, 6.45) is 6.07. The Morgan fingerprint density at radius 1 is 1.44 bits per heavy atom. The van der Waals surface area contributed by atoms with Gasteiger partial charge >= 0.3 is 6.21 Å². The van der Waals surface area contributed by atoms with E-state index >= 15 is 0 Å². The fourth-order valence-electron chi connectivity index (χ4n) is 3.27. The molecule has 0 aromatic carbocycles. The summed E-state index contributed by atoms with van der Waals surface area (Å²) in [6.45, 7) is 1.70. The van der Waals surface area contributed by atoms with Gasteiger partial charge in [-0.15, -0.1) is 0 Å². The number of rotatable bonds is 2. The second-order valence-electron chi connectivity index (χ2n) is 5.03. The number of carbonyl (C=O) groups excluding carboxylic acids is 2. The van der Waals surface area contributed by atoms with Crippen molar-refractivity contribution in [2.24, 2.45) is 17.3 Å². The van der Waals surface area contributed by atoms with Crippen LogP contribution < -0.4 is 0 Å². The Kier molecular flexibility index (Phi) is 2.76. The van der Waals surface area contributed by atoms with Gasteiger partial charge in [0, 0.05) is 5.92 Å². The van der Waals surface area contributed by atoms with Crippen LogP contribution in [0.25, 0.3) is 5.53 Å². The van der Waals surface area contributed by atoms with Crippen LogP contribution >= 0.6 is 0 Å². The predicted molar refractivity (Wildman–Crippen MR) is 57.9 cm³/mol. The lowest BCUT2D eigenvalue weighted by Crippen LogP contribution is -2.60. The highest BCUT2D eigenvalue weighted by Crippen LogP contribution is 2.53. The molecule has 3 atom stereocenters. The molecule has 0 aromatic heterocycles. The third-order valence-electron chi connectivity index (χ3n) is 4.29. The molecule has 0 amide bonds. The van der Waals surface area contributed by atoms with Gasteiger partial charge in [0.1, 0.15) is 5.78 Å². The zero-order valence-corrected chi connectivity index (χ0v) is 9.48. The van der Waals surface area contributed by atoms with Crippen LogP contribution in [0, 0.1) is 17.3 Å². The van der Waals surface area contributed by atoms with E-state index in [0.29, 0.717) is 0 Å². The van der Waals surface area contributed by atoms with Gasteiger partial charge in [-0.3, -0.25) is 9.59 Å². The van der Waals surface area contributed by atoms with Crippen molar-refractivity contribution in [3.63, 3.8) is 0 Å². The van der Waals surface area contributed by atoms with E-state index in [1.807, 2.05) is 0 Å². The monoisotopic (exact) mass is 220 g/mol. The van der Waals surface area contributed by atoms with E-state index in [1.165, 1.54) is 0 Å². The lowest BCUT2D eigenvalue weighted by atomic mass is 9.50. The zero-order valence-electron chi connectivity index (χ0n) is 9.48. The van der Waals surface area contributed by atoms with Crippen molar-refractivity contribution in [1.82, 2.24) is 0 Å². The van der Waals surface area contributed by atoms with Gasteiger partial charge in [0.05, 0.1) is 5.41 Å². The predicted octanol–water partition coefficient (Wildman–Crippen LogP) is 1.64. The third-order valence-corrected chi connectivity index (χ3v) is 4.29. The zero-order chi connectivity index (χ0) is 11.8. The first-order chi connectivity index (χ1) is 7.62. The molecule has 86 valence electrons. The highest BCUT2D eigenvalue weighted by atomic mass is 16.2. The van der Waals surface area contributed by atoms with Crippen LogP contribution in [0.1, 0.15) is 39.0 Å². The Morgan fingerprint density at radius 3 is 2.81 bits per heavy atom. The molecule has 0 saturated heterocycles. The minimum Gasteiger partial charge on any atom is -0.361 e. The van der Waals surface area contributed by atoms with Crippen molar-refractivity contribution in [2.45, 2.75) is 39.0 Å². The topological polar surface area (TPSA) is 70.5 Å². The molecule has 1 unspecified atom stereocenters. The minimum atomic E-state index is -0.915. The molecule has 2 rings (SSSR count). The lowest BCUT2D eigenvalue weighted by molar-refractivity contribution is -0.162. The van der Waals surface area contributed by atoms with Gasteiger partial charge in [-0.25, -0.2) is 0 Å². The molecular weight excluding hydrogens is 204 g/mol. The third kappa shape index (κ3) is 1.37. The summed E-state index contributed by atoms with van der Waals surface area (Å²) in [7, 11) is 0. The molecule has 4 nitrogen and oxygen atoms in total. The maximum atomic E-state index is 12.0. The molecule has 2 saturated carbocycles. The molecule has 0 aliphatic heterocycles. The standard InChI is InChI=1S/C12H16N2O2/c1-12(10(15)7-14-13)9-6-4-2-3-5-8(9)11(12)16/h7-9H,2-6H2,1H3/t8-,9+,12?/m0/s1. The first kappa shape index (κ1) is 11.2. The highest BCUT2D eigenvalue weighted by molar-refractivity contribution is 6.35. The van der Waals surface area contributed by atoms with E-state index in [9.17, 15) is 9.59 Å². The first-order valence-electron chi connectivity index (χ1n) is 5.88. The van der Waals surface area contributed by atoms with E-state index in [4.69, 9.17) is 5.53 Å². The molecule has 16 heavy (non-hydrogen) atoms. The van der Waals surface area contributed by atoms with Gasteiger partial charge < -0.3 is 5.53 Å². The van der Waals surface area contributed by atoms with Crippen molar-refractivity contribution in [3.8, 4) is 0 Å². The molecule has 0 bridgehead atoms. The second-order valence-corrected chi connectivity index (χ2v) is 5.03. The molecule has 0 aromatic rings. The molecule has 4 heteroatoms. The molecule has 2 aliphatic carbocycles. The average Bonchev–Trinajstić information content (AvgIpc) is 2.51. The Labute approximate surface area is 94.6 Å². The number of hydrogen-bond acceptors (Lipinski definition) is 2. The quantitative estimate of drug-likeness (QED) is 0.307. The average molecular weight is 220 g/mol. The van der Waals surface area contributed by atoms with Gasteiger partial charge in [0.25, 0.3) is 0 Å². The van der Waals surface area contributed by atoms with Gasteiger partial charge in [-0.2, -0.15) is 4.79 Å². The van der Waals surface area contributed by atoms with Crippen molar-refractivity contribution < 1.29 is 14.4 Å². The van der Waals surface area contributed by atoms with Gasteiger partial charge in [-0.1, -0.05) is 19.3 Å². The van der Waals surface area contributed by atoms with E-state index < -0.39 is 5.41 Å². The fraction of sp³-hybridized carbons (Fsp3) is 0.750. The van der Waals surface area contributed by atoms with Gasteiger partial charge in [-0.05, 0) is 25.7 Å². The molecule has 0 heterocycles. The largest absolute Gasteiger partial charge is 0.361 e. The van der Waals surface area contributed by atoms with Crippen LogP contribution in [0.15, 0.2) is 0 Å². The van der Waals surface area contributed by atoms with Crippen LogP contribution in [0.4, 0.5) is 0 Å². The summed E-state index contributed by atoms with van der Waals surface area (Å²) in [5.74, 6) is -0.0657. The lowest BCUT2D eigenvalue weighted by Gasteiger charge is -2.48. The summed E-state index contributed by atoms with van der Waals surface area (Å²) in [6, 6.07) is 0. The number of carbonyl (C=O) groups is 2. The van der Waals surface area contributed by atoms with Crippen molar-refractivity contribution in [1.29, 1.82) is 0 Å². The van der Waals surface area contributed by atoms with E-state index in [-0.39, 0.29) is 23.4 Å². The number of fused-ring (bicyclic) bond motifs is 1. The van der Waals surface area contributed by atoms with Crippen LogP contribution in [-0.4, -0.2) is 22.6 Å². The van der Waals surface area contributed by atoms with E-state index in [0.717, 1.165) is 38.3 Å². The smallest absolute Gasteiger partial charge is 0.324 e. The normalized spacial score (nSPS) is 37.7. The Hall–Kier alpha value is -1.28. The van der Waals surface area contributed by atoms with Crippen molar-refractivity contribution >= 4 is 17.8 Å². The number of Topliss-reactive ketones (excluding diaryl/α,β-unsaturated/α-hetero) is 2. The summed E-state index contributed by atoms with van der Waals surface area (Å²) in [5, 5.41) is 0. The van der Waals surface area contributed by atoms with E-state index in [2.05, 4.69) is 4.79 Å². The molecule has 0 radical (unpaired) electrons. The molecule has 2 aliphatic rings. The number of hydrogen-bond donors (Lipinski definition) is 0. The molecule has 0 spiro atoms. The van der Waals surface area contributed by atoms with Crippen molar-refractivity contribution in [3.05, 3.63) is 5.53 Å². The summed E-state index contributed by atoms with van der Waals surface area (Å²) in [5.41, 5.74) is 7.48. The summed E-state index contributed by atoms with van der Waals surface area (Å²) in [4.78, 5) is 26.6. The van der Waals surface area contributed by atoms with Crippen LogP contribution in [0.2, 0.25) is 0 Å². The fourth-order valence-corrected chi connectivity index (χ4v) is 3.27. The maximum absolute atomic E-state index is 12.0. The van der Waals surface area contributed by atoms with Gasteiger partial charge in [0.2, 0.25) is 5.78 Å². The van der Waals surface area contributed by atoms with Crippen LogP contribution in [-0.2, 0) is 9.59 Å². The molecular formula is C12H16N2O2. The first-order valence-corrected chi connectivity index (χ1v) is 5.88. The number of nitrogens with zero attached hydrogens (tertiary/aromatic N) is 2. The summed E-state index contributed by atoms with van der Waals surface area (Å²) >= 11 is 0. The Morgan fingerprint density at radius 2 is 2.12 bits per heavy atom. The minimum absolute atomic E-state index is 0.0456. The van der Waals surface area contributed by atoms with Gasteiger partial charge in [0.15, 0.2) is 0 Å². The SMILES string of the molecule is CC1(C(=O)C=[N+]=[N-])C(=O)[C@H]2CCCCC[C@H]21. The van der Waals surface area contributed by atoms with Crippen molar-refractivity contribution in [2.75, 3.05) is 0 Å². The Balaban J connectivity index is 2.25. The van der Waals surface area contributed by atoms with E-state index in [1.54, 1.807) is 6.92 Å². The molecule has 0 N–H and O–H groups in total. The highest BCUT2D eigenvalue weighted by Gasteiger charge is 2.62. The summed E-state index contributed by atoms with van der Waals surface area (Å²) < 4.78 is 0.